The Balaban J connectivity index is 0.000000154. The molecule has 0 aliphatic carbocycles. The van der Waals surface area contributed by atoms with Crippen molar-refractivity contribution in [1.82, 2.24) is 0 Å². The molecule has 0 saturated heterocycles. The first-order valence-electron chi connectivity index (χ1n) is 34.5. The van der Waals surface area contributed by atoms with Crippen LogP contribution in [0.5, 0.6) is 17.2 Å². The van der Waals surface area contributed by atoms with Crippen LogP contribution in [-0.2, 0) is 0 Å². The van der Waals surface area contributed by atoms with Crippen LogP contribution in [0.25, 0.3) is 66.8 Å². The van der Waals surface area contributed by atoms with Crippen molar-refractivity contribution in [2.45, 2.75) is 6.42 Å². The van der Waals surface area contributed by atoms with Crippen LogP contribution in [-0.4, -0.2) is 32.9 Å². The van der Waals surface area contributed by atoms with Gasteiger partial charge >= 0.3 is 49.4 Å². The molecule has 0 spiro atoms. The van der Waals surface area contributed by atoms with Gasteiger partial charge < -0.3 is 14.2 Å². The summed E-state index contributed by atoms with van der Waals surface area (Å²) in [6.45, 7) is 0. The number of Topliss-reactive ketones (excluding diaryl/α,β-unsaturated/α-hetero) is 2. The van der Waals surface area contributed by atoms with Crippen LogP contribution >= 0.6 is 32.5 Å². The van der Waals surface area contributed by atoms with Crippen molar-refractivity contribution in [3.8, 4) is 84.0 Å². The molecule has 0 bridgehead atoms. The first kappa shape index (κ1) is 80.1. The number of ketones is 2. The zero-order valence-electron chi connectivity index (χ0n) is 59.3. The minimum absolute atomic E-state index is 0. The summed E-state index contributed by atoms with van der Waals surface area (Å²) in [5.41, 5.74) is 15.6. The van der Waals surface area contributed by atoms with Gasteiger partial charge in [0.1, 0.15) is 23.8 Å². The van der Waals surface area contributed by atoms with E-state index in [4.69, 9.17) is 14.2 Å². The third-order valence-electron chi connectivity index (χ3n) is 16.5. The van der Waals surface area contributed by atoms with Crippen LogP contribution in [0, 0.1) is 66.8 Å². The van der Waals surface area contributed by atoms with Crippen LogP contribution in [0.15, 0.2) is 406 Å². The molecule has 0 aliphatic rings. The van der Waals surface area contributed by atoms with Gasteiger partial charge in [-0.15, -0.1) is 51.5 Å². The van der Waals surface area contributed by atoms with E-state index >= 15 is 0 Å². The summed E-state index contributed by atoms with van der Waals surface area (Å²) >= 11 is 0. The number of methoxy groups -OCH3 is 3. The Labute approximate surface area is 672 Å². The van der Waals surface area contributed by atoms with Crippen molar-refractivity contribution >= 4 is 60.0 Å². The molecule has 14 aromatic rings. The predicted molar refractivity (Wildman–Crippen MR) is 452 cm³/mol. The van der Waals surface area contributed by atoms with E-state index in [0.717, 1.165) is 17.2 Å². The molecule has 0 amide bonds. The second kappa shape index (κ2) is 45.3. The van der Waals surface area contributed by atoms with Gasteiger partial charge in [-0.1, -0.05) is 402 Å². The maximum atomic E-state index is 11.8. The largest absolute Gasteiger partial charge is 3.00 e. The number of carbonyl (C=O) groups excluding carboxylic acids is 2. The van der Waals surface area contributed by atoms with Gasteiger partial charge in [-0.3, -0.25) is 9.59 Å². The average Bonchev–Trinajstić information content (AvgIpc) is 0.841. The summed E-state index contributed by atoms with van der Waals surface area (Å²) in [7, 11) is 5.44. The Bertz CT molecular complexity index is 4420. The minimum Gasteiger partial charge on any atom is -0.493 e. The maximum Gasteiger partial charge on any atom is 3.00 e. The SMILES string of the molecule is COc1ccccc1[PH+](c1ccccc1OC)c1ccccc1OC.O=C(CC(=O)c1ccccc1)c1ccccc1.[Eu+3].[c-]1[pH]cccccc(-c2ccccc2)c1-c1ccccc1.[c-]1[pH]cccccc(-c2ccccc2)c1-c1ccccc1.[c-]1[pH]cccccc(-c2ccccc2)c1-c1ccccc1. The van der Waals surface area contributed by atoms with E-state index in [-0.39, 0.29) is 67.4 Å². The molecule has 0 saturated carbocycles. The molecule has 0 aliphatic heterocycles. The molecule has 106 heavy (non-hydrogen) atoms. The van der Waals surface area contributed by atoms with Crippen molar-refractivity contribution < 1.29 is 73.2 Å². The first-order valence-corrected chi connectivity index (χ1v) is 39.2. The summed E-state index contributed by atoms with van der Waals surface area (Å²) < 4.78 is 17.0. The monoisotopic (exact) mass is 1590 g/mol. The van der Waals surface area contributed by atoms with E-state index < -0.39 is 7.92 Å². The fourth-order valence-corrected chi connectivity index (χ4v) is 16.5. The molecule has 522 valence electrons. The molecule has 11 aromatic carbocycles. The molecule has 0 radical (unpaired) electrons. The van der Waals surface area contributed by atoms with Gasteiger partial charge in [0.25, 0.3) is 0 Å². The van der Waals surface area contributed by atoms with E-state index in [2.05, 4.69) is 271 Å². The summed E-state index contributed by atoms with van der Waals surface area (Å²) in [4.78, 5) is 23.6. The van der Waals surface area contributed by atoms with Gasteiger partial charge in [0.2, 0.25) is 0 Å². The molecule has 3 atom stereocenters. The third-order valence-corrected chi connectivity index (χ3v) is 21.6. The molecule has 0 N–H and O–H groups in total. The second-order valence-corrected chi connectivity index (χ2v) is 28.3. The molecule has 14 rings (SSSR count). The van der Waals surface area contributed by atoms with Crippen LogP contribution in [0.3, 0.4) is 0 Å². The molecule has 3 aromatic heterocycles. The number of ether oxygens (including phenoxy) is 3. The molecule has 0 fully saturated rings. The van der Waals surface area contributed by atoms with Crippen LogP contribution in [0.1, 0.15) is 27.1 Å². The van der Waals surface area contributed by atoms with Gasteiger partial charge in [-0.05, 0) is 36.4 Å². The van der Waals surface area contributed by atoms with Crippen molar-refractivity contribution in [3.63, 3.8) is 0 Å². The Morgan fingerprint density at radius 3 is 0.726 bits per heavy atom. The van der Waals surface area contributed by atoms with Crippen molar-refractivity contribution in [1.29, 1.82) is 0 Å². The number of benzene rings is 11. The fourth-order valence-electron chi connectivity index (χ4n) is 11.4. The van der Waals surface area contributed by atoms with E-state index in [1.165, 1.54) is 82.7 Å². The number of hydrogen-bond donors (Lipinski definition) is 0. The maximum absolute atomic E-state index is 11.8. The standard InChI is InChI=1S/C21H21O3P.3C20H16P.C15H12O2.Eu/c1-22-16-10-4-7-13-19(16)25(20-14-8-5-11-17(20)23-2)21-15-9-6-12-18(21)24-3;3*1-4-10-17(11-5-1)19-14-8-3-9-15-21-16-20(19)18-12-6-2-7-13-18;16-14(12-7-3-1-4-8-12)11-15(17)13-9-5-2-6-10-13;/h4-15H,1-3H3;3*1-15,21H;1-10H,11H2;/q;3*-1;;+3/p+1. The summed E-state index contributed by atoms with van der Waals surface area (Å²) in [6, 6.07) is 131. The number of hydrogen-bond acceptors (Lipinski definition) is 5. The molecule has 5 nitrogen and oxygen atoms in total. The first-order chi connectivity index (χ1) is 51.9. The van der Waals surface area contributed by atoms with Crippen molar-refractivity contribution in [2.24, 2.45) is 0 Å². The van der Waals surface area contributed by atoms with Gasteiger partial charge in [0.05, 0.1) is 27.8 Å². The second-order valence-electron chi connectivity index (χ2n) is 23.3. The Kier molecular flexibility index (Phi) is 34.3. The topological polar surface area (TPSA) is 61.8 Å². The van der Waals surface area contributed by atoms with Crippen LogP contribution in [0.4, 0.5) is 0 Å². The van der Waals surface area contributed by atoms with Crippen molar-refractivity contribution in [3.05, 3.63) is 434 Å². The molecule has 3 unspecified atom stereocenters. The van der Waals surface area contributed by atoms with Gasteiger partial charge in [0, 0.05) is 11.1 Å². The average molecular weight is 1590 g/mol. The van der Waals surface area contributed by atoms with Gasteiger partial charge in [0.15, 0.2) is 28.8 Å². The number of carbonyl (C=O) groups is 2. The normalized spacial score (nSPS) is 10.2. The van der Waals surface area contributed by atoms with Crippen LogP contribution < -0.4 is 30.1 Å². The summed E-state index contributed by atoms with van der Waals surface area (Å²) in [5, 5.41) is 3.51. The van der Waals surface area contributed by atoms with Crippen LogP contribution in [0.2, 0.25) is 0 Å². The smallest absolute Gasteiger partial charge is 0.493 e. The molecular weight excluding hydrogens is 1510 g/mol. The zero-order chi connectivity index (χ0) is 72.7. The van der Waals surface area contributed by atoms with Gasteiger partial charge in [-0.2, -0.15) is 0 Å². The van der Waals surface area contributed by atoms with Gasteiger partial charge in [-0.25, -0.2) is 24.6 Å². The number of rotatable bonds is 16. The third kappa shape index (κ3) is 24.3. The summed E-state index contributed by atoms with van der Waals surface area (Å²) in [6.07, 6.45) is -0.0754. The fraction of sp³-hybridized carbons (Fsp3) is 0.0417. The van der Waals surface area contributed by atoms with E-state index in [9.17, 15) is 9.59 Å². The van der Waals surface area contributed by atoms with E-state index in [1.54, 1.807) is 69.9 Å². The van der Waals surface area contributed by atoms with E-state index in [0.29, 0.717) is 35.7 Å². The summed E-state index contributed by atoms with van der Waals surface area (Å²) in [5.74, 6) is 19.6. The molecule has 10 heteroatoms. The number of para-hydroxylation sites is 3. The Morgan fingerprint density at radius 2 is 0.472 bits per heavy atom. The Morgan fingerprint density at radius 1 is 0.264 bits per heavy atom. The molecule has 3 heterocycles. The molecular formula is C96H82EuO5P4+. The van der Waals surface area contributed by atoms with Crippen molar-refractivity contribution in [2.75, 3.05) is 21.3 Å². The zero-order valence-corrected chi connectivity index (χ0v) is 65.7. The quantitative estimate of drug-likeness (QED) is 0.0417. The predicted octanol–water partition coefficient (Wildman–Crippen LogP) is 24.3. The van der Waals surface area contributed by atoms with E-state index in [1.807, 2.05) is 103 Å². The Hall–Kier alpha value is -10.0. The minimum atomic E-state index is -1.38.